The first-order chi connectivity index (χ1) is 11.3. The minimum Gasteiger partial charge on any atom is -0.335 e. The molecule has 0 saturated carbocycles. The predicted octanol–water partition coefficient (Wildman–Crippen LogP) is 2.00. The van der Waals surface area contributed by atoms with Crippen LogP contribution in [0.1, 0.15) is 11.3 Å². The van der Waals surface area contributed by atoms with Gasteiger partial charge in [0.05, 0.1) is 27.7 Å². The van der Waals surface area contributed by atoms with Crippen molar-refractivity contribution in [3.05, 3.63) is 64.8 Å². The van der Waals surface area contributed by atoms with Gasteiger partial charge in [0.15, 0.2) is 4.77 Å². The predicted molar refractivity (Wildman–Crippen MR) is 88.0 cm³/mol. The lowest BCUT2D eigenvalue weighted by atomic mass is 10.2. The quantitative estimate of drug-likeness (QED) is 0.322. The molecular formula is C12H10N6O5S. The Bertz CT molecular complexity index is 963. The molecule has 12 heteroatoms. The molecule has 2 aromatic rings. The highest BCUT2D eigenvalue weighted by Gasteiger charge is 2.19. The number of benzene rings is 1. The number of hydrogen-bond donors (Lipinski definition) is 3. The van der Waals surface area contributed by atoms with Gasteiger partial charge in [-0.1, -0.05) is 0 Å². The number of nitro benzene ring substituents is 2. The van der Waals surface area contributed by atoms with Gasteiger partial charge in [-0.3, -0.25) is 35.4 Å². The van der Waals surface area contributed by atoms with Gasteiger partial charge in [-0.2, -0.15) is 5.10 Å². The van der Waals surface area contributed by atoms with Crippen molar-refractivity contribution in [2.75, 3.05) is 5.43 Å². The SMILES string of the molecule is Cc1[nH]c(=S)[nH]c(=O)c1/C=N/Nc1ccc([N+](=O)[O-])cc1[N+](=O)[O-]. The fourth-order valence-corrected chi connectivity index (χ4v) is 2.06. The van der Waals surface area contributed by atoms with Crippen molar-refractivity contribution in [2.24, 2.45) is 5.10 Å². The molecule has 1 aromatic heterocycles. The van der Waals surface area contributed by atoms with E-state index in [2.05, 4.69) is 20.5 Å². The van der Waals surface area contributed by atoms with Crippen LogP contribution in [0.25, 0.3) is 0 Å². The maximum absolute atomic E-state index is 11.8. The van der Waals surface area contributed by atoms with E-state index in [9.17, 15) is 25.0 Å². The highest BCUT2D eigenvalue weighted by Crippen LogP contribution is 2.28. The smallest absolute Gasteiger partial charge is 0.301 e. The van der Waals surface area contributed by atoms with Crippen molar-refractivity contribution in [3.63, 3.8) is 0 Å². The van der Waals surface area contributed by atoms with Crippen LogP contribution >= 0.6 is 12.2 Å². The van der Waals surface area contributed by atoms with Crippen molar-refractivity contribution in [2.45, 2.75) is 6.92 Å². The van der Waals surface area contributed by atoms with Crippen molar-refractivity contribution in [1.29, 1.82) is 0 Å². The monoisotopic (exact) mass is 350 g/mol. The second-order valence-corrected chi connectivity index (χ2v) is 4.94. The summed E-state index contributed by atoms with van der Waals surface area (Å²) in [5.74, 6) is 0. The number of H-pyrrole nitrogens is 2. The average Bonchev–Trinajstić information content (AvgIpc) is 2.49. The molecule has 0 unspecified atom stereocenters. The minimum absolute atomic E-state index is 0.0557. The Labute approximate surface area is 138 Å². The van der Waals surface area contributed by atoms with Gasteiger partial charge in [0.25, 0.3) is 11.2 Å². The van der Waals surface area contributed by atoms with E-state index in [0.717, 1.165) is 24.4 Å². The third-order valence-electron chi connectivity index (χ3n) is 2.94. The standard InChI is InChI=1S/C12H10N6O5S/c1-6-8(11(19)15-12(24)14-6)5-13-16-9-3-2-7(17(20)21)4-10(9)18(22)23/h2-5,16H,1H3,(H2,14,15,19,24)/b13-5+. The lowest BCUT2D eigenvalue weighted by Gasteiger charge is -2.02. The van der Waals surface area contributed by atoms with Crippen LogP contribution in [-0.2, 0) is 0 Å². The molecular weight excluding hydrogens is 340 g/mol. The molecule has 0 spiro atoms. The van der Waals surface area contributed by atoms with E-state index in [-0.39, 0.29) is 16.0 Å². The van der Waals surface area contributed by atoms with Gasteiger partial charge in [0.1, 0.15) is 5.69 Å². The number of nitrogens with zero attached hydrogens (tertiary/aromatic N) is 3. The van der Waals surface area contributed by atoms with Gasteiger partial charge in [0, 0.05) is 11.8 Å². The van der Waals surface area contributed by atoms with Gasteiger partial charge >= 0.3 is 5.69 Å². The van der Waals surface area contributed by atoms with Crippen molar-refractivity contribution in [3.8, 4) is 0 Å². The maximum Gasteiger partial charge on any atom is 0.301 e. The lowest BCUT2D eigenvalue weighted by Crippen LogP contribution is -2.16. The summed E-state index contributed by atoms with van der Waals surface area (Å²) in [6.07, 6.45) is 1.16. The zero-order chi connectivity index (χ0) is 17.9. The van der Waals surface area contributed by atoms with E-state index in [1.165, 1.54) is 0 Å². The normalized spacial score (nSPS) is 10.7. The Morgan fingerprint density at radius 3 is 2.54 bits per heavy atom. The summed E-state index contributed by atoms with van der Waals surface area (Å²) < 4.78 is 0.161. The second kappa shape index (κ2) is 6.78. The summed E-state index contributed by atoms with van der Waals surface area (Å²) in [4.78, 5) is 37.0. The number of nitrogens with one attached hydrogen (secondary N) is 3. The van der Waals surface area contributed by atoms with E-state index in [1.807, 2.05) is 0 Å². The number of hydrogen-bond acceptors (Lipinski definition) is 8. The fraction of sp³-hybridized carbons (Fsp3) is 0.0833. The number of hydrazone groups is 1. The zero-order valence-electron chi connectivity index (χ0n) is 12.1. The third-order valence-corrected chi connectivity index (χ3v) is 3.15. The molecule has 0 radical (unpaired) electrons. The summed E-state index contributed by atoms with van der Waals surface area (Å²) in [6, 6.07) is 3.07. The lowest BCUT2D eigenvalue weighted by molar-refractivity contribution is -0.393. The molecule has 2 rings (SSSR count). The van der Waals surface area contributed by atoms with Gasteiger partial charge in [-0.05, 0) is 25.2 Å². The Balaban J connectivity index is 2.33. The molecule has 1 heterocycles. The summed E-state index contributed by atoms with van der Waals surface area (Å²) in [5.41, 5.74) is 1.58. The van der Waals surface area contributed by atoms with Gasteiger partial charge in [-0.15, -0.1) is 0 Å². The summed E-state index contributed by atoms with van der Waals surface area (Å²) in [6.45, 7) is 1.61. The average molecular weight is 350 g/mol. The van der Waals surface area contributed by atoms with Crippen molar-refractivity contribution < 1.29 is 9.85 Å². The highest BCUT2D eigenvalue weighted by atomic mass is 32.1. The molecule has 0 fully saturated rings. The number of non-ortho nitro benzene ring substituents is 1. The Morgan fingerprint density at radius 1 is 1.25 bits per heavy atom. The third kappa shape index (κ3) is 3.67. The maximum atomic E-state index is 11.8. The van der Waals surface area contributed by atoms with Crippen LogP contribution < -0.4 is 11.0 Å². The Kier molecular flexibility index (Phi) is 4.79. The molecule has 0 amide bonds. The largest absolute Gasteiger partial charge is 0.335 e. The van der Waals surface area contributed by atoms with E-state index in [1.54, 1.807) is 6.92 Å². The number of aromatic nitrogens is 2. The van der Waals surface area contributed by atoms with Crippen LogP contribution in [0.5, 0.6) is 0 Å². The van der Waals surface area contributed by atoms with Crippen LogP contribution in [-0.4, -0.2) is 26.0 Å². The first-order valence-electron chi connectivity index (χ1n) is 6.34. The van der Waals surface area contributed by atoms with Gasteiger partial charge < -0.3 is 4.98 Å². The number of anilines is 1. The number of aryl methyl sites for hydroxylation is 1. The number of nitro groups is 2. The van der Waals surface area contributed by atoms with Crippen LogP contribution in [0.2, 0.25) is 0 Å². The van der Waals surface area contributed by atoms with E-state index in [0.29, 0.717) is 5.69 Å². The highest BCUT2D eigenvalue weighted by molar-refractivity contribution is 7.71. The van der Waals surface area contributed by atoms with E-state index in [4.69, 9.17) is 12.2 Å². The molecule has 3 N–H and O–H groups in total. The topological polar surface area (TPSA) is 159 Å². The van der Waals surface area contributed by atoms with E-state index >= 15 is 0 Å². The van der Waals surface area contributed by atoms with Crippen LogP contribution in [0, 0.1) is 31.9 Å². The van der Waals surface area contributed by atoms with Crippen LogP contribution in [0.15, 0.2) is 28.1 Å². The van der Waals surface area contributed by atoms with Gasteiger partial charge in [-0.25, -0.2) is 0 Å². The molecule has 0 saturated heterocycles. The van der Waals surface area contributed by atoms with Crippen LogP contribution in [0.3, 0.4) is 0 Å². The minimum atomic E-state index is -0.775. The summed E-state index contributed by atoms with van der Waals surface area (Å²) in [5, 5.41) is 25.4. The molecule has 0 bridgehead atoms. The summed E-state index contributed by atoms with van der Waals surface area (Å²) in [7, 11) is 0. The fourth-order valence-electron chi connectivity index (χ4n) is 1.81. The summed E-state index contributed by atoms with van der Waals surface area (Å²) >= 11 is 4.81. The zero-order valence-corrected chi connectivity index (χ0v) is 12.9. The Morgan fingerprint density at radius 2 is 1.96 bits per heavy atom. The molecule has 24 heavy (non-hydrogen) atoms. The molecule has 0 atom stereocenters. The molecule has 0 aliphatic rings. The van der Waals surface area contributed by atoms with Crippen molar-refractivity contribution in [1.82, 2.24) is 9.97 Å². The molecule has 0 aliphatic carbocycles. The molecule has 11 nitrogen and oxygen atoms in total. The Hall–Kier alpha value is -3.41. The second-order valence-electron chi connectivity index (χ2n) is 4.53. The molecule has 124 valence electrons. The van der Waals surface area contributed by atoms with Gasteiger partial charge in [0.2, 0.25) is 0 Å². The van der Waals surface area contributed by atoms with Crippen LogP contribution in [0.4, 0.5) is 17.1 Å². The molecule has 1 aromatic carbocycles. The van der Waals surface area contributed by atoms with E-state index < -0.39 is 26.8 Å². The first kappa shape index (κ1) is 17.0. The van der Waals surface area contributed by atoms with Crippen molar-refractivity contribution >= 4 is 35.5 Å². The number of rotatable bonds is 5. The molecule has 0 aliphatic heterocycles. The number of aromatic amines is 2. The first-order valence-corrected chi connectivity index (χ1v) is 6.75.